The van der Waals surface area contributed by atoms with E-state index in [1.807, 2.05) is 6.07 Å². The molecule has 0 radical (unpaired) electrons. The second-order valence-corrected chi connectivity index (χ2v) is 10.6. The molecule has 0 amide bonds. The van der Waals surface area contributed by atoms with Gasteiger partial charge in [0.1, 0.15) is 11.6 Å². The third-order valence-electron chi connectivity index (χ3n) is 7.26. The lowest BCUT2D eigenvalue weighted by Crippen LogP contribution is -2.35. The molecule has 0 bridgehead atoms. The van der Waals surface area contributed by atoms with Crippen molar-refractivity contribution in [1.82, 2.24) is 10.2 Å². The monoisotopic (exact) mass is 654 g/mol. The van der Waals surface area contributed by atoms with Crippen molar-refractivity contribution in [1.29, 1.82) is 0 Å². The maximum absolute atomic E-state index is 13.9. The van der Waals surface area contributed by atoms with E-state index >= 15 is 0 Å². The molecule has 4 rings (SSSR count). The van der Waals surface area contributed by atoms with Crippen LogP contribution in [0, 0.1) is 17.6 Å². The first-order chi connectivity index (χ1) is 21.0. The van der Waals surface area contributed by atoms with Crippen LogP contribution in [0.4, 0.5) is 35.1 Å². The number of fused-ring (bicyclic) bond motifs is 1. The molecule has 3 N–H and O–H groups in total. The number of Topliss-reactive ketones (excluding diaryl/α,β-unsaturated/α-hetero) is 1. The van der Waals surface area contributed by atoms with Crippen molar-refractivity contribution < 1.29 is 59.7 Å². The maximum Gasteiger partial charge on any atom is 0.490 e. The number of nitrogens with zero attached hydrogens (tertiary/aromatic N) is 1. The Morgan fingerprint density at radius 3 is 1.91 bits per heavy atom. The molecular formula is C30H34F8N2O5. The zero-order valence-corrected chi connectivity index (χ0v) is 24.1. The van der Waals surface area contributed by atoms with Gasteiger partial charge in [-0.05, 0) is 106 Å². The zero-order chi connectivity index (χ0) is 33.8. The molecule has 0 saturated carbocycles. The summed E-state index contributed by atoms with van der Waals surface area (Å²) < 4.78 is 90.4. The predicted molar refractivity (Wildman–Crippen MR) is 147 cm³/mol. The van der Waals surface area contributed by atoms with E-state index in [9.17, 15) is 39.9 Å². The van der Waals surface area contributed by atoms with Crippen LogP contribution in [-0.4, -0.2) is 77.9 Å². The van der Waals surface area contributed by atoms with Crippen molar-refractivity contribution in [2.24, 2.45) is 5.92 Å². The number of carbonyl (C=O) groups is 3. The van der Waals surface area contributed by atoms with Crippen LogP contribution in [0.5, 0.6) is 0 Å². The third-order valence-corrected chi connectivity index (χ3v) is 7.26. The van der Waals surface area contributed by atoms with E-state index in [-0.39, 0.29) is 5.78 Å². The Hall–Kier alpha value is -3.59. The standard InChI is InChI=1S/C26H32F2N2O.2C2HF3O2/c27-24-6-5-22(25(28)18-24)16-19-9-14-30(15-10-19)13-1-2-26(31)23-4-3-20-7-11-29-12-8-21(20)17-23;2*3-2(4,5)1(6)7/h3-6,17-19,29H,1-2,7-16H2;2*(H,6,7). The maximum atomic E-state index is 13.9. The topological polar surface area (TPSA) is 107 Å². The molecule has 2 aliphatic rings. The van der Waals surface area contributed by atoms with Gasteiger partial charge in [-0.3, -0.25) is 4.79 Å². The van der Waals surface area contributed by atoms with Gasteiger partial charge in [0.15, 0.2) is 5.78 Å². The van der Waals surface area contributed by atoms with E-state index in [2.05, 4.69) is 22.3 Å². The number of hydrogen-bond acceptors (Lipinski definition) is 5. The summed E-state index contributed by atoms with van der Waals surface area (Å²) in [6, 6.07) is 10.1. The van der Waals surface area contributed by atoms with Gasteiger partial charge in [-0.25, -0.2) is 18.4 Å². The number of carboxylic acids is 2. The summed E-state index contributed by atoms with van der Waals surface area (Å²) in [6.07, 6.45) is -3.98. The average molecular weight is 655 g/mol. The molecule has 2 aromatic carbocycles. The van der Waals surface area contributed by atoms with Gasteiger partial charge in [0.05, 0.1) is 0 Å². The number of ketones is 1. The van der Waals surface area contributed by atoms with Crippen LogP contribution in [0.1, 0.15) is 52.7 Å². The highest BCUT2D eigenvalue weighted by atomic mass is 19.4. The van der Waals surface area contributed by atoms with Gasteiger partial charge in [0.25, 0.3) is 0 Å². The molecule has 0 aromatic heterocycles. The number of alkyl halides is 6. The van der Waals surface area contributed by atoms with Crippen molar-refractivity contribution in [2.45, 2.75) is 57.3 Å². The van der Waals surface area contributed by atoms with Crippen LogP contribution in [0.3, 0.4) is 0 Å². The molecule has 0 unspecified atom stereocenters. The fraction of sp³-hybridized carbons (Fsp3) is 0.500. The van der Waals surface area contributed by atoms with Crippen molar-refractivity contribution in [3.05, 3.63) is 70.3 Å². The summed E-state index contributed by atoms with van der Waals surface area (Å²) in [6.45, 7) is 4.88. The quantitative estimate of drug-likeness (QED) is 0.255. The summed E-state index contributed by atoms with van der Waals surface area (Å²) in [5, 5.41) is 17.7. The molecule has 250 valence electrons. The fourth-order valence-electron chi connectivity index (χ4n) is 4.87. The van der Waals surface area contributed by atoms with Gasteiger partial charge in [-0.2, -0.15) is 26.3 Å². The Labute approximate surface area is 254 Å². The summed E-state index contributed by atoms with van der Waals surface area (Å²) in [5.41, 5.74) is 4.14. The van der Waals surface area contributed by atoms with Gasteiger partial charge in [0, 0.05) is 18.1 Å². The van der Waals surface area contributed by atoms with Crippen LogP contribution in [0.15, 0.2) is 36.4 Å². The van der Waals surface area contributed by atoms with Crippen molar-refractivity contribution >= 4 is 17.7 Å². The van der Waals surface area contributed by atoms with Crippen LogP contribution in [0.25, 0.3) is 0 Å². The first-order valence-corrected chi connectivity index (χ1v) is 14.1. The fourth-order valence-corrected chi connectivity index (χ4v) is 4.87. The number of carbonyl (C=O) groups excluding carboxylic acids is 1. The van der Waals surface area contributed by atoms with Crippen LogP contribution in [-0.2, 0) is 28.9 Å². The second-order valence-electron chi connectivity index (χ2n) is 10.6. The Balaban J connectivity index is 0.000000421. The summed E-state index contributed by atoms with van der Waals surface area (Å²) >= 11 is 0. The molecule has 15 heteroatoms. The average Bonchev–Trinajstić information content (AvgIpc) is 3.20. The Kier molecular flexibility index (Phi) is 14.4. The van der Waals surface area contributed by atoms with Crippen LogP contribution < -0.4 is 5.32 Å². The van der Waals surface area contributed by atoms with Crippen molar-refractivity contribution in [3.63, 3.8) is 0 Å². The Morgan fingerprint density at radius 1 is 0.822 bits per heavy atom. The first-order valence-electron chi connectivity index (χ1n) is 14.1. The lowest BCUT2D eigenvalue weighted by atomic mass is 9.90. The number of hydrogen-bond donors (Lipinski definition) is 3. The molecule has 7 nitrogen and oxygen atoms in total. The number of halogens is 8. The lowest BCUT2D eigenvalue weighted by molar-refractivity contribution is -0.193. The predicted octanol–water partition coefficient (Wildman–Crippen LogP) is 5.84. The number of likely N-dealkylation sites (tertiary alicyclic amines) is 1. The lowest BCUT2D eigenvalue weighted by Gasteiger charge is -2.32. The molecule has 2 aliphatic heterocycles. The van der Waals surface area contributed by atoms with Gasteiger partial charge in [0.2, 0.25) is 0 Å². The highest BCUT2D eigenvalue weighted by Gasteiger charge is 2.38. The minimum atomic E-state index is -5.08. The van der Waals surface area contributed by atoms with E-state index < -0.39 is 35.9 Å². The number of nitrogens with one attached hydrogen (secondary N) is 1. The molecule has 1 fully saturated rings. The van der Waals surface area contributed by atoms with Crippen LogP contribution >= 0.6 is 0 Å². The summed E-state index contributed by atoms with van der Waals surface area (Å²) in [4.78, 5) is 32.9. The zero-order valence-electron chi connectivity index (χ0n) is 24.1. The van der Waals surface area contributed by atoms with Crippen molar-refractivity contribution in [2.75, 3.05) is 32.7 Å². The van der Waals surface area contributed by atoms with E-state index in [4.69, 9.17) is 19.8 Å². The molecule has 0 spiro atoms. The third kappa shape index (κ3) is 13.5. The molecule has 0 atom stereocenters. The van der Waals surface area contributed by atoms with Gasteiger partial charge in [-0.1, -0.05) is 18.2 Å². The molecular weight excluding hydrogens is 620 g/mol. The summed E-state index contributed by atoms with van der Waals surface area (Å²) in [5.74, 6) is -5.79. The molecule has 0 aliphatic carbocycles. The number of aliphatic carboxylic acids is 2. The number of carboxylic acid groups (broad SMARTS) is 2. The van der Waals surface area contributed by atoms with Gasteiger partial charge >= 0.3 is 24.3 Å². The van der Waals surface area contributed by atoms with E-state index in [1.165, 1.54) is 17.2 Å². The molecule has 2 aromatic rings. The highest BCUT2D eigenvalue weighted by molar-refractivity contribution is 5.96. The van der Waals surface area contributed by atoms with E-state index in [1.54, 1.807) is 6.07 Å². The minimum Gasteiger partial charge on any atom is -0.475 e. The van der Waals surface area contributed by atoms with E-state index in [0.717, 1.165) is 76.5 Å². The Morgan fingerprint density at radius 2 is 1.38 bits per heavy atom. The van der Waals surface area contributed by atoms with Crippen molar-refractivity contribution in [3.8, 4) is 0 Å². The smallest absolute Gasteiger partial charge is 0.475 e. The van der Waals surface area contributed by atoms with Gasteiger partial charge < -0.3 is 20.4 Å². The Bertz CT molecular complexity index is 1270. The second kappa shape index (κ2) is 17.2. The summed E-state index contributed by atoms with van der Waals surface area (Å²) in [7, 11) is 0. The molecule has 45 heavy (non-hydrogen) atoms. The molecule has 2 heterocycles. The number of piperidine rings is 1. The SMILES string of the molecule is O=C(CCCN1CCC(Cc2ccc(F)cc2F)CC1)c1ccc2c(c1)CCNCC2.O=C(O)C(F)(F)F.O=C(O)C(F)(F)F. The van der Waals surface area contributed by atoms with Gasteiger partial charge in [-0.15, -0.1) is 0 Å². The number of benzene rings is 2. The van der Waals surface area contributed by atoms with E-state index in [0.29, 0.717) is 24.3 Å². The number of rotatable bonds is 7. The van der Waals surface area contributed by atoms with Crippen LogP contribution in [0.2, 0.25) is 0 Å². The minimum absolute atomic E-state index is 0.238. The highest BCUT2D eigenvalue weighted by Crippen LogP contribution is 2.24. The largest absolute Gasteiger partial charge is 0.490 e. The molecule has 1 saturated heterocycles. The normalized spacial score (nSPS) is 15.8. The first kappa shape index (κ1) is 37.6.